The predicted molar refractivity (Wildman–Crippen MR) is 81.8 cm³/mol. The highest BCUT2D eigenvalue weighted by Crippen LogP contribution is 2.62. The maximum Gasteiger partial charge on any atom is 0.0681 e. The van der Waals surface area contributed by atoms with Crippen LogP contribution >= 0.6 is 0 Å². The Bertz CT molecular complexity index is 393. The van der Waals surface area contributed by atoms with Crippen LogP contribution < -0.4 is 0 Å². The zero-order valence-electron chi connectivity index (χ0n) is 13.1. The normalized spacial score (nSPS) is 28.5. The van der Waals surface area contributed by atoms with E-state index >= 15 is 0 Å². The quantitative estimate of drug-likeness (QED) is 0.643. The number of ether oxygens (including phenoxy) is 1. The molecule has 0 aromatic carbocycles. The molecule has 1 saturated heterocycles. The number of hydrogen-bond acceptors (Lipinski definition) is 1. The van der Waals surface area contributed by atoms with E-state index in [0.29, 0.717) is 6.10 Å². The van der Waals surface area contributed by atoms with E-state index in [1.54, 1.807) is 11.1 Å². The summed E-state index contributed by atoms with van der Waals surface area (Å²) in [5, 5.41) is 0.248. The molecule has 0 radical (unpaired) electrons. The van der Waals surface area contributed by atoms with Crippen LogP contribution in [0.15, 0.2) is 22.3 Å². The van der Waals surface area contributed by atoms with Crippen molar-refractivity contribution >= 4 is 8.07 Å². The van der Waals surface area contributed by atoms with Crippen LogP contribution in [0, 0.1) is 0 Å². The van der Waals surface area contributed by atoms with Gasteiger partial charge in [-0.05, 0) is 51.7 Å². The first-order valence-electron chi connectivity index (χ1n) is 7.22. The second-order valence-electron chi connectivity index (χ2n) is 7.06. The number of hydrogen-bond donors (Lipinski definition) is 0. The van der Waals surface area contributed by atoms with Crippen molar-refractivity contribution in [3.63, 3.8) is 0 Å². The first kappa shape index (κ1) is 14.1. The van der Waals surface area contributed by atoms with Gasteiger partial charge in [-0.25, -0.2) is 0 Å². The molecule has 2 heteroatoms. The van der Waals surface area contributed by atoms with Crippen LogP contribution in [0.2, 0.25) is 24.7 Å². The van der Waals surface area contributed by atoms with Crippen molar-refractivity contribution in [2.24, 2.45) is 0 Å². The van der Waals surface area contributed by atoms with E-state index in [1.807, 2.05) is 0 Å². The van der Waals surface area contributed by atoms with Gasteiger partial charge in [0.1, 0.15) is 0 Å². The molecule has 0 spiro atoms. The highest BCUT2D eigenvalue weighted by molar-refractivity contribution is 6.81. The van der Waals surface area contributed by atoms with Crippen molar-refractivity contribution < 1.29 is 4.74 Å². The lowest BCUT2D eigenvalue weighted by molar-refractivity contribution is 0.0896. The van der Waals surface area contributed by atoms with E-state index in [0.717, 1.165) is 6.61 Å². The lowest BCUT2D eigenvalue weighted by Crippen LogP contribution is -2.48. The third-order valence-electron chi connectivity index (χ3n) is 5.47. The second-order valence-corrected chi connectivity index (χ2v) is 12.3. The Morgan fingerprint density at radius 3 is 1.83 bits per heavy atom. The van der Waals surface area contributed by atoms with Gasteiger partial charge in [0.2, 0.25) is 0 Å². The summed E-state index contributed by atoms with van der Waals surface area (Å²) in [6.07, 6.45) is 2.89. The molecule has 1 atom stereocenters. The largest absolute Gasteiger partial charge is 0.377 e. The van der Waals surface area contributed by atoms with Crippen molar-refractivity contribution in [1.82, 2.24) is 0 Å². The van der Waals surface area contributed by atoms with E-state index < -0.39 is 8.07 Å². The van der Waals surface area contributed by atoms with Gasteiger partial charge in [-0.1, -0.05) is 30.8 Å². The molecular weight excluding hydrogens is 236 g/mol. The molecule has 0 amide bonds. The predicted octanol–water partition coefficient (Wildman–Crippen LogP) is 4.93. The fraction of sp³-hybridized carbons (Fsp3) is 0.750. The van der Waals surface area contributed by atoms with Gasteiger partial charge < -0.3 is 4.74 Å². The number of rotatable bonds is 2. The highest BCUT2D eigenvalue weighted by Gasteiger charge is 2.56. The minimum Gasteiger partial charge on any atom is -0.377 e. The van der Waals surface area contributed by atoms with Gasteiger partial charge in [0, 0.05) is 11.6 Å². The Labute approximate surface area is 113 Å². The molecule has 0 N–H and O–H groups in total. The zero-order chi connectivity index (χ0) is 13.7. The van der Waals surface area contributed by atoms with Crippen LogP contribution in [-0.4, -0.2) is 20.8 Å². The Morgan fingerprint density at radius 1 is 1.00 bits per heavy atom. The van der Waals surface area contributed by atoms with Crippen LogP contribution in [0.3, 0.4) is 0 Å². The lowest BCUT2D eigenvalue weighted by atomic mass is 9.87. The Balaban J connectivity index is 2.65. The van der Waals surface area contributed by atoms with Crippen LogP contribution in [0.1, 0.15) is 40.5 Å². The standard InChI is InChI=1S/C16H28OSi/c1-11-12(2)14(4)16(13(11)3,18(5,6)7)15-9-8-10-17-15/h15H,8-10H2,1-7H3. The summed E-state index contributed by atoms with van der Waals surface area (Å²) in [6, 6.07) is 0. The third kappa shape index (κ3) is 1.61. The van der Waals surface area contributed by atoms with Crippen molar-refractivity contribution in [2.45, 2.75) is 71.3 Å². The van der Waals surface area contributed by atoms with Gasteiger partial charge in [0.25, 0.3) is 0 Å². The van der Waals surface area contributed by atoms with Crippen LogP contribution in [-0.2, 0) is 4.74 Å². The Morgan fingerprint density at radius 2 is 1.50 bits per heavy atom. The molecular formula is C16H28OSi. The molecule has 1 heterocycles. The molecule has 1 aliphatic carbocycles. The van der Waals surface area contributed by atoms with E-state index in [-0.39, 0.29) is 5.04 Å². The molecule has 2 rings (SSSR count). The summed E-state index contributed by atoms with van der Waals surface area (Å²) in [5.74, 6) is 0. The van der Waals surface area contributed by atoms with Gasteiger partial charge in [0.05, 0.1) is 14.2 Å². The van der Waals surface area contributed by atoms with Gasteiger partial charge in [-0.15, -0.1) is 0 Å². The summed E-state index contributed by atoms with van der Waals surface area (Å²) in [4.78, 5) is 0. The summed E-state index contributed by atoms with van der Waals surface area (Å²) < 4.78 is 6.17. The highest BCUT2D eigenvalue weighted by atomic mass is 28.3. The molecule has 0 aromatic rings. The van der Waals surface area contributed by atoms with Gasteiger partial charge >= 0.3 is 0 Å². The first-order chi connectivity index (χ1) is 8.24. The van der Waals surface area contributed by atoms with Crippen LogP contribution in [0.25, 0.3) is 0 Å². The fourth-order valence-corrected chi connectivity index (χ4v) is 8.26. The topological polar surface area (TPSA) is 9.23 Å². The zero-order valence-corrected chi connectivity index (χ0v) is 14.1. The van der Waals surface area contributed by atoms with E-state index in [2.05, 4.69) is 47.3 Å². The summed E-state index contributed by atoms with van der Waals surface area (Å²) in [7, 11) is -1.39. The maximum absolute atomic E-state index is 6.17. The van der Waals surface area contributed by atoms with Crippen LogP contribution in [0.5, 0.6) is 0 Å². The van der Waals surface area contributed by atoms with Gasteiger partial charge in [-0.3, -0.25) is 0 Å². The summed E-state index contributed by atoms with van der Waals surface area (Å²) >= 11 is 0. The van der Waals surface area contributed by atoms with Gasteiger partial charge in [0.15, 0.2) is 0 Å². The maximum atomic E-state index is 6.17. The molecule has 0 bridgehead atoms. The molecule has 1 fully saturated rings. The van der Waals surface area contributed by atoms with Crippen molar-refractivity contribution in [1.29, 1.82) is 0 Å². The molecule has 0 saturated carbocycles. The van der Waals surface area contributed by atoms with Crippen molar-refractivity contribution in [3.8, 4) is 0 Å². The fourth-order valence-electron chi connectivity index (χ4n) is 4.45. The van der Waals surface area contributed by atoms with Crippen molar-refractivity contribution in [3.05, 3.63) is 22.3 Å². The first-order valence-corrected chi connectivity index (χ1v) is 10.7. The smallest absolute Gasteiger partial charge is 0.0681 e. The Hall–Kier alpha value is -0.343. The molecule has 1 aliphatic heterocycles. The molecule has 1 unspecified atom stereocenters. The lowest BCUT2D eigenvalue weighted by Gasteiger charge is -2.48. The minimum absolute atomic E-state index is 0.248. The average molecular weight is 264 g/mol. The summed E-state index contributed by atoms with van der Waals surface area (Å²) in [5.41, 5.74) is 6.24. The third-order valence-corrected chi connectivity index (χ3v) is 8.90. The SMILES string of the molecule is CC1=C(C)C(C2CCCO2)([Si](C)(C)C)C(C)=C1C. The average Bonchev–Trinajstić information content (AvgIpc) is 2.83. The van der Waals surface area contributed by atoms with E-state index in [1.165, 1.54) is 24.0 Å². The minimum atomic E-state index is -1.39. The molecule has 2 aliphatic rings. The molecule has 18 heavy (non-hydrogen) atoms. The van der Waals surface area contributed by atoms with Crippen LogP contribution in [0.4, 0.5) is 0 Å². The molecule has 102 valence electrons. The van der Waals surface area contributed by atoms with E-state index in [9.17, 15) is 0 Å². The summed E-state index contributed by atoms with van der Waals surface area (Å²) in [6.45, 7) is 17.8. The number of allylic oxidation sites excluding steroid dienone is 2. The second kappa shape index (κ2) is 4.34. The monoisotopic (exact) mass is 264 g/mol. The Kier molecular flexibility index (Phi) is 3.40. The van der Waals surface area contributed by atoms with E-state index in [4.69, 9.17) is 4.74 Å². The van der Waals surface area contributed by atoms with Crippen molar-refractivity contribution in [2.75, 3.05) is 6.61 Å². The molecule has 0 aromatic heterocycles. The molecule has 1 nitrogen and oxygen atoms in total. The van der Waals surface area contributed by atoms with Gasteiger partial charge in [-0.2, -0.15) is 0 Å².